The van der Waals surface area contributed by atoms with Crippen LogP contribution in [0.4, 0.5) is 0 Å². The Hall–Kier alpha value is -1.29. The standard InChI is InChI=1S/C9H13N3O/c1-6(10)5-8-11-7-3-4-13-9(7)12(8)2/h3-4,6H,5,10H2,1-2H3. The Morgan fingerprint density at radius 2 is 2.46 bits per heavy atom. The van der Waals surface area contributed by atoms with Crippen molar-refractivity contribution < 1.29 is 4.42 Å². The average Bonchev–Trinajstić information content (AvgIpc) is 2.56. The number of rotatable bonds is 2. The molecule has 0 bridgehead atoms. The molecular formula is C9H13N3O. The second-order valence-corrected chi connectivity index (χ2v) is 3.38. The summed E-state index contributed by atoms with van der Waals surface area (Å²) >= 11 is 0. The van der Waals surface area contributed by atoms with Gasteiger partial charge < -0.3 is 14.7 Å². The molecule has 1 atom stereocenters. The number of nitrogens with zero attached hydrogens (tertiary/aromatic N) is 2. The Morgan fingerprint density at radius 1 is 1.69 bits per heavy atom. The second-order valence-electron chi connectivity index (χ2n) is 3.38. The smallest absolute Gasteiger partial charge is 0.226 e. The topological polar surface area (TPSA) is 57.0 Å². The molecule has 4 heteroatoms. The normalized spacial score (nSPS) is 13.8. The van der Waals surface area contributed by atoms with Crippen molar-refractivity contribution in [3.63, 3.8) is 0 Å². The lowest BCUT2D eigenvalue weighted by Gasteiger charge is -2.03. The summed E-state index contributed by atoms with van der Waals surface area (Å²) in [4.78, 5) is 4.40. The molecule has 0 aliphatic heterocycles. The van der Waals surface area contributed by atoms with Crippen LogP contribution >= 0.6 is 0 Å². The van der Waals surface area contributed by atoms with Gasteiger partial charge in [-0.1, -0.05) is 0 Å². The van der Waals surface area contributed by atoms with Gasteiger partial charge >= 0.3 is 0 Å². The van der Waals surface area contributed by atoms with E-state index in [1.54, 1.807) is 6.26 Å². The van der Waals surface area contributed by atoms with Crippen molar-refractivity contribution in [3.8, 4) is 0 Å². The number of hydrogen-bond acceptors (Lipinski definition) is 3. The summed E-state index contributed by atoms with van der Waals surface area (Å²) in [6.07, 6.45) is 2.42. The van der Waals surface area contributed by atoms with Gasteiger partial charge in [-0.15, -0.1) is 0 Å². The number of fused-ring (bicyclic) bond motifs is 1. The molecule has 13 heavy (non-hydrogen) atoms. The maximum absolute atomic E-state index is 5.70. The van der Waals surface area contributed by atoms with E-state index in [4.69, 9.17) is 10.2 Å². The molecule has 2 N–H and O–H groups in total. The molecule has 2 aromatic rings. The predicted octanol–water partition coefficient (Wildman–Crippen LogP) is 1.06. The summed E-state index contributed by atoms with van der Waals surface area (Å²) < 4.78 is 7.21. The summed E-state index contributed by atoms with van der Waals surface area (Å²) in [5.41, 5.74) is 7.42. The average molecular weight is 179 g/mol. The third-order valence-electron chi connectivity index (χ3n) is 2.07. The fourth-order valence-electron chi connectivity index (χ4n) is 1.43. The van der Waals surface area contributed by atoms with E-state index >= 15 is 0 Å². The summed E-state index contributed by atoms with van der Waals surface area (Å²) in [6.45, 7) is 1.97. The lowest BCUT2D eigenvalue weighted by molar-refractivity contribution is 0.572. The minimum Gasteiger partial charge on any atom is -0.446 e. The van der Waals surface area contributed by atoms with E-state index < -0.39 is 0 Å². The third-order valence-corrected chi connectivity index (χ3v) is 2.07. The van der Waals surface area contributed by atoms with E-state index in [1.165, 1.54) is 0 Å². The van der Waals surface area contributed by atoms with Crippen LogP contribution in [-0.2, 0) is 13.5 Å². The van der Waals surface area contributed by atoms with Crippen LogP contribution in [0.25, 0.3) is 11.2 Å². The zero-order valence-electron chi connectivity index (χ0n) is 7.82. The molecule has 70 valence electrons. The molecule has 0 aromatic carbocycles. The van der Waals surface area contributed by atoms with Gasteiger partial charge in [-0.05, 0) is 6.92 Å². The minimum atomic E-state index is 0.130. The number of aryl methyl sites for hydroxylation is 1. The molecule has 0 radical (unpaired) electrons. The Bertz CT molecular complexity index is 413. The first-order valence-corrected chi connectivity index (χ1v) is 4.33. The third kappa shape index (κ3) is 1.33. The van der Waals surface area contributed by atoms with E-state index in [9.17, 15) is 0 Å². The molecule has 0 fully saturated rings. The molecule has 2 rings (SSSR count). The number of imidazole rings is 1. The predicted molar refractivity (Wildman–Crippen MR) is 50.3 cm³/mol. The lowest BCUT2D eigenvalue weighted by Crippen LogP contribution is -2.19. The first-order chi connectivity index (χ1) is 6.18. The monoisotopic (exact) mass is 179 g/mol. The van der Waals surface area contributed by atoms with Crippen molar-refractivity contribution in [2.24, 2.45) is 12.8 Å². The van der Waals surface area contributed by atoms with Crippen LogP contribution in [0.1, 0.15) is 12.7 Å². The Balaban J connectivity index is 2.45. The summed E-state index contributed by atoms with van der Waals surface area (Å²) in [5.74, 6) is 0.976. The van der Waals surface area contributed by atoms with Gasteiger partial charge in [-0.2, -0.15) is 0 Å². The molecule has 0 saturated carbocycles. The van der Waals surface area contributed by atoms with E-state index in [0.717, 1.165) is 23.5 Å². The van der Waals surface area contributed by atoms with Gasteiger partial charge in [0.05, 0.1) is 6.26 Å². The summed E-state index contributed by atoms with van der Waals surface area (Å²) in [6, 6.07) is 1.99. The lowest BCUT2D eigenvalue weighted by atomic mass is 10.2. The fraction of sp³-hybridized carbons (Fsp3) is 0.444. The fourth-order valence-corrected chi connectivity index (χ4v) is 1.43. The molecule has 0 aliphatic carbocycles. The highest BCUT2D eigenvalue weighted by Crippen LogP contribution is 2.16. The molecule has 0 amide bonds. The first-order valence-electron chi connectivity index (χ1n) is 4.33. The highest BCUT2D eigenvalue weighted by atomic mass is 16.3. The molecule has 2 heterocycles. The molecule has 1 unspecified atom stereocenters. The molecule has 0 spiro atoms. The van der Waals surface area contributed by atoms with Gasteiger partial charge in [-0.25, -0.2) is 4.98 Å². The van der Waals surface area contributed by atoms with E-state index in [-0.39, 0.29) is 6.04 Å². The van der Waals surface area contributed by atoms with Crippen molar-refractivity contribution in [1.82, 2.24) is 9.55 Å². The molecule has 0 saturated heterocycles. The SMILES string of the molecule is CC(N)Cc1nc2ccoc2n1C. The maximum Gasteiger partial charge on any atom is 0.226 e. The summed E-state index contributed by atoms with van der Waals surface area (Å²) in [7, 11) is 1.94. The number of furan rings is 1. The van der Waals surface area contributed by atoms with Crippen molar-refractivity contribution in [2.45, 2.75) is 19.4 Å². The van der Waals surface area contributed by atoms with Crippen LogP contribution in [0.15, 0.2) is 16.7 Å². The Kier molecular flexibility index (Phi) is 1.84. The molecule has 0 aliphatic rings. The maximum atomic E-state index is 5.70. The van der Waals surface area contributed by atoms with Gasteiger partial charge in [0.1, 0.15) is 11.3 Å². The van der Waals surface area contributed by atoms with Gasteiger partial charge in [0.15, 0.2) is 0 Å². The van der Waals surface area contributed by atoms with Crippen LogP contribution in [-0.4, -0.2) is 15.6 Å². The first kappa shape index (κ1) is 8.31. The molecule has 4 nitrogen and oxygen atoms in total. The van der Waals surface area contributed by atoms with Crippen LogP contribution in [0.3, 0.4) is 0 Å². The van der Waals surface area contributed by atoms with Gasteiger partial charge in [0.2, 0.25) is 5.71 Å². The minimum absolute atomic E-state index is 0.130. The summed E-state index contributed by atoms with van der Waals surface area (Å²) in [5, 5.41) is 0. The van der Waals surface area contributed by atoms with Crippen molar-refractivity contribution in [3.05, 3.63) is 18.2 Å². The number of hydrogen-bond donors (Lipinski definition) is 1. The van der Waals surface area contributed by atoms with Crippen LogP contribution in [0.5, 0.6) is 0 Å². The van der Waals surface area contributed by atoms with Crippen LogP contribution in [0.2, 0.25) is 0 Å². The quantitative estimate of drug-likeness (QED) is 0.749. The van der Waals surface area contributed by atoms with Gasteiger partial charge in [0.25, 0.3) is 0 Å². The van der Waals surface area contributed by atoms with Gasteiger partial charge in [-0.3, -0.25) is 0 Å². The number of nitrogens with two attached hydrogens (primary N) is 1. The highest BCUT2D eigenvalue weighted by Gasteiger charge is 2.10. The van der Waals surface area contributed by atoms with E-state index in [2.05, 4.69) is 4.98 Å². The Morgan fingerprint density at radius 3 is 3.08 bits per heavy atom. The van der Waals surface area contributed by atoms with Crippen LogP contribution < -0.4 is 5.73 Å². The van der Waals surface area contributed by atoms with Crippen molar-refractivity contribution >= 4 is 11.2 Å². The molecular weight excluding hydrogens is 166 g/mol. The van der Waals surface area contributed by atoms with E-state index in [0.29, 0.717) is 0 Å². The highest BCUT2D eigenvalue weighted by molar-refractivity contribution is 5.69. The zero-order chi connectivity index (χ0) is 9.42. The second kappa shape index (κ2) is 2.88. The largest absolute Gasteiger partial charge is 0.446 e. The van der Waals surface area contributed by atoms with Crippen LogP contribution in [0, 0.1) is 0 Å². The number of aromatic nitrogens is 2. The van der Waals surface area contributed by atoms with E-state index in [1.807, 2.05) is 24.6 Å². The molecule has 2 aromatic heterocycles. The Labute approximate surface area is 76.3 Å². The van der Waals surface area contributed by atoms with Crippen molar-refractivity contribution in [2.75, 3.05) is 0 Å². The zero-order valence-corrected chi connectivity index (χ0v) is 7.82. The van der Waals surface area contributed by atoms with Gasteiger partial charge in [0, 0.05) is 25.6 Å². The van der Waals surface area contributed by atoms with Crippen molar-refractivity contribution in [1.29, 1.82) is 0 Å².